The standard InChI is InChI=1S/C48H33N5/c1-48(2)38-24-12-9-20-32(38)35-23-15-27-41(42(35)48)52-39-25-13-10-21-33(39)36-28-29-37-34-22-11-14-26-40(34)53(44(37)43(36)52)47-50-45(30-16-5-3-6-17-30)49-46(51-47)31-18-7-4-8-19-31/h3-29H,1-2H3/i3D,5D,6D,16D,17D. The zero-order valence-electron chi connectivity index (χ0n) is 33.9. The molecule has 0 N–H and O–H groups in total. The molecular weight excluding hydrogens is 647 g/mol. The minimum absolute atomic E-state index is 0.0140. The molecule has 7 aromatic carbocycles. The topological polar surface area (TPSA) is 48.5 Å². The minimum Gasteiger partial charge on any atom is -0.307 e. The molecule has 1 aliphatic carbocycles. The molecule has 0 saturated heterocycles. The van der Waals surface area contributed by atoms with Gasteiger partial charge in [0, 0.05) is 38.1 Å². The van der Waals surface area contributed by atoms with E-state index in [0.29, 0.717) is 11.4 Å². The summed E-state index contributed by atoms with van der Waals surface area (Å²) in [6.07, 6.45) is 0. The van der Waals surface area contributed by atoms with E-state index in [2.05, 4.69) is 108 Å². The third-order valence-electron chi connectivity index (χ3n) is 10.8. The van der Waals surface area contributed by atoms with Crippen molar-refractivity contribution in [2.45, 2.75) is 19.3 Å². The summed E-state index contributed by atoms with van der Waals surface area (Å²) >= 11 is 0. The van der Waals surface area contributed by atoms with E-state index in [4.69, 9.17) is 21.8 Å². The molecule has 250 valence electrons. The van der Waals surface area contributed by atoms with Crippen molar-refractivity contribution in [2.75, 3.05) is 0 Å². The molecule has 0 saturated carbocycles. The second-order valence-corrected chi connectivity index (χ2v) is 14.1. The van der Waals surface area contributed by atoms with Crippen LogP contribution in [0.3, 0.4) is 0 Å². The number of fused-ring (bicyclic) bond motifs is 10. The molecule has 10 aromatic rings. The number of benzene rings is 7. The number of rotatable bonds is 4. The molecule has 0 atom stereocenters. The molecule has 5 heteroatoms. The van der Waals surface area contributed by atoms with Gasteiger partial charge in [-0.3, -0.25) is 4.57 Å². The van der Waals surface area contributed by atoms with E-state index in [0.717, 1.165) is 49.3 Å². The van der Waals surface area contributed by atoms with Crippen LogP contribution in [-0.2, 0) is 5.41 Å². The molecule has 0 bridgehead atoms. The Hall–Kier alpha value is -6.85. The van der Waals surface area contributed by atoms with Crippen LogP contribution in [0.2, 0.25) is 0 Å². The Bertz CT molecular complexity index is 3360. The van der Waals surface area contributed by atoms with E-state index >= 15 is 0 Å². The molecule has 0 fully saturated rings. The lowest BCUT2D eigenvalue weighted by Crippen LogP contribution is -2.18. The van der Waals surface area contributed by atoms with Crippen molar-refractivity contribution in [1.82, 2.24) is 24.1 Å². The van der Waals surface area contributed by atoms with Crippen LogP contribution in [0.4, 0.5) is 0 Å². The smallest absolute Gasteiger partial charge is 0.238 e. The van der Waals surface area contributed by atoms with Gasteiger partial charge in [-0.1, -0.05) is 159 Å². The van der Waals surface area contributed by atoms with Gasteiger partial charge >= 0.3 is 0 Å². The number of hydrogen-bond acceptors (Lipinski definition) is 3. The van der Waals surface area contributed by atoms with Gasteiger partial charge in [-0.15, -0.1) is 0 Å². The Morgan fingerprint density at radius 3 is 1.81 bits per heavy atom. The SMILES string of the molecule is [2H]c1c([2H])c([2H])c(-c2nc(-c3ccccc3)nc(-n3c4ccccc4c4ccc5c6ccccc6n(-c6cccc7c6C(C)(C)c6ccccc6-7)c5c43)n2)c([2H])c1[2H]. The maximum atomic E-state index is 8.91. The average molecular weight is 685 g/mol. The van der Waals surface area contributed by atoms with E-state index in [1.54, 1.807) is 0 Å². The fourth-order valence-electron chi connectivity index (χ4n) is 8.62. The van der Waals surface area contributed by atoms with Gasteiger partial charge in [0.15, 0.2) is 11.6 Å². The number of para-hydroxylation sites is 2. The molecule has 1 aliphatic rings. The van der Waals surface area contributed by atoms with Crippen molar-refractivity contribution < 1.29 is 6.85 Å². The van der Waals surface area contributed by atoms with Crippen LogP contribution < -0.4 is 0 Å². The lowest BCUT2D eigenvalue weighted by molar-refractivity contribution is 0.656. The first-order valence-corrected chi connectivity index (χ1v) is 17.7. The molecule has 0 unspecified atom stereocenters. The summed E-state index contributed by atoms with van der Waals surface area (Å²) in [7, 11) is 0. The van der Waals surface area contributed by atoms with Gasteiger partial charge in [0.25, 0.3) is 0 Å². The summed E-state index contributed by atoms with van der Waals surface area (Å²) in [6, 6.07) is 43.6. The molecule has 0 amide bonds. The highest BCUT2D eigenvalue weighted by atomic mass is 15.2. The Kier molecular flexibility index (Phi) is 5.26. The maximum Gasteiger partial charge on any atom is 0.238 e. The molecule has 3 aromatic heterocycles. The first-order chi connectivity index (χ1) is 28.1. The highest BCUT2D eigenvalue weighted by molar-refractivity contribution is 6.23. The van der Waals surface area contributed by atoms with Crippen LogP contribution >= 0.6 is 0 Å². The van der Waals surface area contributed by atoms with Crippen LogP contribution in [0.25, 0.3) is 89.2 Å². The summed E-state index contributed by atoms with van der Waals surface area (Å²) in [4.78, 5) is 15.0. The second-order valence-electron chi connectivity index (χ2n) is 14.1. The monoisotopic (exact) mass is 684 g/mol. The highest BCUT2D eigenvalue weighted by Crippen LogP contribution is 2.52. The van der Waals surface area contributed by atoms with Gasteiger partial charge < -0.3 is 4.57 Å². The van der Waals surface area contributed by atoms with Crippen LogP contribution in [0.15, 0.2) is 164 Å². The first kappa shape index (κ1) is 25.2. The predicted octanol–water partition coefficient (Wildman–Crippen LogP) is 11.7. The van der Waals surface area contributed by atoms with Gasteiger partial charge in [0.05, 0.1) is 34.6 Å². The van der Waals surface area contributed by atoms with Crippen molar-refractivity contribution in [2.24, 2.45) is 0 Å². The van der Waals surface area contributed by atoms with Crippen molar-refractivity contribution in [3.8, 4) is 45.5 Å². The van der Waals surface area contributed by atoms with E-state index in [1.807, 2.05) is 48.5 Å². The van der Waals surface area contributed by atoms with Crippen molar-refractivity contribution in [1.29, 1.82) is 0 Å². The summed E-state index contributed by atoms with van der Waals surface area (Å²) in [5.41, 5.74) is 10.1. The predicted molar refractivity (Wildman–Crippen MR) is 217 cm³/mol. The molecule has 0 radical (unpaired) electrons. The molecule has 0 spiro atoms. The zero-order valence-corrected chi connectivity index (χ0v) is 28.9. The van der Waals surface area contributed by atoms with Crippen LogP contribution in [0.5, 0.6) is 0 Å². The van der Waals surface area contributed by atoms with Gasteiger partial charge in [0.2, 0.25) is 5.95 Å². The van der Waals surface area contributed by atoms with Crippen molar-refractivity contribution in [3.63, 3.8) is 0 Å². The molecule has 0 aliphatic heterocycles. The van der Waals surface area contributed by atoms with Gasteiger partial charge in [-0.2, -0.15) is 9.97 Å². The Morgan fingerprint density at radius 1 is 0.491 bits per heavy atom. The Balaban J connectivity index is 1.32. The molecule has 11 rings (SSSR count). The normalized spacial score (nSPS) is 14.6. The van der Waals surface area contributed by atoms with E-state index in [9.17, 15) is 0 Å². The van der Waals surface area contributed by atoms with Crippen molar-refractivity contribution >= 4 is 43.6 Å². The average Bonchev–Trinajstić information content (AvgIpc) is 3.86. The molecule has 53 heavy (non-hydrogen) atoms. The lowest BCUT2D eigenvalue weighted by atomic mass is 9.81. The Labute approximate surface area is 313 Å². The quantitative estimate of drug-likeness (QED) is 0.185. The third kappa shape index (κ3) is 4.22. The number of hydrogen-bond donors (Lipinski definition) is 0. The third-order valence-corrected chi connectivity index (χ3v) is 10.8. The number of aromatic nitrogens is 5. The summed E-state index contributed by atoms with van der Waals surface area (Å²) in [5, 5.41) is 4.14. The van der Waals surface area contributed by atoms with Gasteiger partial charge in [-0.25, -0.2) is 4.98 Å². The van der Waals surface area contributed by atoms with Gasteiger partial charge in [-0.05, 0) is 40.5 Å². The molecular formula is C48H33N5. The summed E-state index contributed by atoms with van der Waals surface area (Å²) in [5.74, 6) is 0.559. The Morgan fingerprint density at radius 2 is 1.08 bits per heavy atom. The first-order valence-electron chi connectivity index (χ1n) is 20.2. The molecule has 3 heterocycles. The fourth-order valence-corrected chi connectivity index (χ4v) is 8.62. The minimum atomic E-state index is -0.479. The van der Waals surface area contributed by atoms with E-state index < -0.39 is 18.1 Å². The lowest BCUT2D eigenvalue weighted by Gasteiger charge is -2.25. The van der Waals surface area contributed by atoms with Crippen LogP contribution in [-0.4, -0.2) is 24.1 Å². The largest absolute Gasteiger partial charge is 0.307 e. The van der Waals surface area contributed by atoms with Crippen LogP contribution in [0.1, 0.15) is 31.8 Å². The number of nitrogens with zero attached hydrogens (tertiary/aromatic N) is 5. The fraction of sp³-hybridized carbons (Fsp3) is 0.0625. The summed E-state index contributed by atoms with van der Waals surface area (Å²) in [6.45, 7) is 4.61. The van der Waals surface area contributed by atoms with Gasteiger partial charge in [0.1, 0.15) is 0 Å². The second kappa shape index (κ2) is 11.1. The van der Waals surface area contributed by atoms with Crippen molar-refractivity contribution in [3.05, 3.63) is 175 Å². The highest BCUT2D eigenvalue weighted by Gasteiger charge is 2.38. The van der Waals surface area contributed by atoms with E-state index in [-0.39, 0.29) is 34.8 Å². The zero-order chi connectivity index (χ0) is 39.6. The van der Waals surface area contributed by atoms with Crippen LogP contribution in [0, 0.1) is 0 Å². The summed E-state index contributed by atoms with van der Waals surface area (Å²) < 4.78 is 47.5. The van der Waals surface area contributed by atoms with E-state index in [1.165, 1.54) is 22.3 Å². The maximum absolute atomic E-state index is 8.91. The molecule has 5 nitrogen and oxygen atoms in total.